The molecule has 7 aliphatic rings. The Morgan fingerprint density at radius 2 is 1.53 bits per heavy atom. The summed E-state index contributed by atoms with van der Waals surface area (Å²) < 4.78 is 47.8. The Morgan fingerprint density at radius 3 is 2.16 bits per heavy atom. The lowest BCUT2D eigenvalue weighted by Crippen LogP contribution is -2.50. The molecule has 2 aliphatic carbocycles. The Hall–Kier alpha value is -7.40. The number of fused-ring (bicyclic) bond motifs is 15. The van der Waals surface area contributed by atoms with Crippen LogP contribution in [0.4, 0.5) is 10.1 Å². The molecular weight excluding hydrogens is 1080 g/mol. The van der Waals surface area contributed by atoms with E-state index in [-0.39, 0.29) is 76.2 Å². The van der Waals surface area contributed by atoms with Crippen LogP contribution in [0.1, 0.15) is 134 Å². The van der Waals surface area contributed by atoms with E-state index in [9.17, 15) is 44.4 Å². The van der Waals surface area contributed by atoms with Crippen molar-refractivity contribution in [3.05, 3.63) is 104 Å². The number of pyridine rings is 1. The zero-order valence-electron chi connectivity index (χ0n) is 48.6. The third-order valence-electron chi connectivity index (χ3n) is 17.9. The Bertz CT molecular complexity index is 3370. The van der Waals surface area contributed by atoms with E-state index in [1.165, 1.54) is 66.5 Å². The van der Waals surface area contributed by atoms with Crippen LogP contribution in [-0.4, -0.2) is 160 Å². The molecule has 3 fully saturated rings. The fourth-order valence-electron chi connectivity index (χ4n) is 12.8. The van der Waals surface area contributed by atoms with Crippen molar-refractivity contribution in [2.24, 2.45) is 23.7 Å². The van der Waals surface area contributed by atoms with Gasteiger partial charge in [0.05, 0.1) is 59.3 Å². The number of rotatable bonds is 9. The number of aromatic nitrogens is 1. The number of halogens is 1. The van der Waals surface area contributed by atoms with Gasteiger partial charge < -0.3 is 63.8 Å². The van der Waals surface area contributed by atoms with Crippen LogP contribution in [0.15, 0.2) is 64.6 Å². The summed E-state index contributed by atoms with van der Waals surface area (Å²) in [5.41, 5.74) is -2.54. The number of ketones is 3. The average Bonchev–Trinajstić information content (AvgIpc) is 3.19. The first-order chi connectivity index (χ1) is 39.3. The number of nitrogens with one attached hydrogen (secondary N) is 1. The van der Waals surface area contributed by atoms with Crippen molar-refractivity contribution >= 4 is 51.8 Å². The Morgan fingerprint density at radius 1 is 0.867 bits per heavy atom. The minimum Gasteiger partial charge on any atom is -0.507 e. The minimum atomic E-state index is -2.16. The first-order valence-corrected chi connectivity index (χ1v) is 28.2. The van der Waals surface area contributed by atoms with Gasteiger partial charge in [-0.1, -0.05) is 45.9 Å². The summed E-state index contributed by atoms with van der Waals surface area (Å²) in [5.74, 6) is -11.7. The maximum Gasteiger partial charge on any atom is 0.341 e. The summed E-state index contributed by atoms with van der Waals surface area (Å²) in [6, 6.07) is 0.822. The first kappa shape index (κ1) is 60.2. The van der Waals surface area contributed by atoms with Gasteiger partial charge in [0.15, 0.2) is 11.6 Å². The number of phenols is 1. The van der Waals surface area contributed by atoms with Crippen LogP contribution >= 0.6 is 0 Å². The molecule has 0 spiro atoms. The summed E-state index contributed by atoms with van der Waals surface area (Å²) in [7, 11) is 4.77. The number of aliphatic hydroxyl groups excluding tert-OH is 2. The van der Waals surface area contributed by atoms with Crippen molar-refractivity contribution in [1.82, 2.24) is 19.7 Å². The van der Waals surface area contributed by atoms with Crippen molar-refractivity contribution in [2.75, 3.05) is 52.3 Å². The number of nitrogens with zero attached hydrogens (tertiary/aromatic N) is 4. The first-order valence-electron chi connectivity index (χ1n) is 28.2. The molecule has 3 aromatic rings. The van der Waals surface area contributed by atoms with Crippen LogP contribution < -0.4 is 25.1 Å². The van der Waals surface area contributed by atoms with Crippen LogP contribution in [0.5, 0.6) is 17.2 Å². The van der Waals surface area contributed by atoms with E-state index in [1.807, 2.05) is 11.9 Å². The van der Waals surface area contributed by atoms with Gasteiger partial charge in [0, 0.05) is 106 Å². The van der Waals surface area contributed by atoms with Crippen molar-refractivity contribution in [1.29, 1.82) is 0 Å². The van der Waals surface area contributed by atoms with Gasteiger partial charge >= 0.3 is 17.7 Å². The molecule has 2 aromatic carbocycles. The molecule has 83 heavy (non-hydrogen) atoms. The maximum atomic E-state index is 16.4. The van der Waals surface area contributed by atoms with Gasteiger partial charge in [-0.2, -0.15) is 0 Å². The number of aromatic carboxylic acids is 1. The molecule has 0 radical (unpaired) electrons. The number of anilines is 1. The number of aromatic hydroxyl groups is 1. The topological polar surface area (TPSA) is 273 Å². The molecule has 1 saturated carbocycles. The molecule has 22 heteroatoms. The van der Waals surface area contributed by atoms with Gasteiger partial charge in [-0.15, -0.1) is 0 Å². The smallest absolute Gasteiger partial charge is 0.341 e. The number of amides is 1. The van der Waals surface area contributed by atoms with Crippen LogP contribution in [0.25, 0.3) is 10.9 Å². The summed E-state index contributed by atoms with van der Waals surface area (Å²) in [6.07, 6.45) is 7.52. The Kier molecular flexibility index (Phi) is 16.9. The lowest BCUT2D eigenvalue weighted by atomic mass is 9.78. The molecule has 1 amide bonds. The van der Waals surface area contributed by atoms with Gasteiger partial charge in [-0.3, -0.25) is 33.7 Å². The highest BCUT2D eigenvalue weighted by Gasteiger charge is 2.54. The van der Waals surface area contributed by atoms with Crippen LogP contribution in [-0.2, 0) is 23.8 Å². The molecule has 2 saturated heterocycles. The number of aliphatic hydroxyl groups is 2. The molecule has 10 rings (SSSR count). The third-order valence-corrected chi connectivity index (χ3v) is 17.9. The van der Waals surface area contributed by atoms with E-state index in [1.54, 1.807) is 49.3 Å². The third kappa shape index (κ3) is 10.8. The van der Waals surface area contributed by atoms with E-state index in [2.05, 4.69) is 10.2 Å². The number of allylic oxidation sites excluding steroid dienone is 4. The second-order valence-corrected chi connectivity index (χ2v) is 23.2. The highest BCUT2D eigenvalue weighted by molar-refractivity contribution is 6.32. The molecule has 5 aliphatic heterocycles. The van der Waals surface area contributed by atoms with E-state index in [4.69, 9.17) is 23.7 Å². The van der Waals surface area contributed by atoms with E-state index in [0.29, 0.717) is 37.9 Å². The quantitative estimate of drug-likeness (QED) is 0.151. The number of carbonyl (C=O) groups is 6. The zero-order valence-corrected chi connectivity index (χ0v) is 48.6. The van der Waals surface area contributed by atoms with Crippen molar-refractivity contribution < 1.29 is 77.3 Å². The van der Waals surface area contributed by atoms with Crippen LogP contribution in [0, 0.1) is 36.4 Å². The maximum absolute atomic E-state index is 16.4. The average molecular weight is 1150 g/mol. The number of carboxylic acid groups (broad SMARTS) is 1. The summed E-state index contributed by atoms with van der Waals surface area (Å²) >= 11 is 0. The second kappa shape index (κ2) is 23.3. The lowest BCUT2D eigenvalue weighted by Gasteiger charge is -2.41. The van der Waals surface area contributed by atoms with Crippen molar-refractivity contribution in [3.63, 3.8) is 0 Å². The standard InChI is InChI=1S/C61H74FN5O16/c1-28-13-12-14-29(2)59(76)63-45-48(65-21-17-35(18-22-65)64(9)37-19-23-66(26-37)47-40(62)25-38-46(57(47)80-11)67(36-15-16-36)27-39(52(38)72)60(77)78)54(74)42-43(53(45)73)51(71)33(6)56-44(42)58(75)61(8,83-56)81-24-20-41(79-10)30(3)55(82-34(7)68)32(5)50(70)31(4)49(28)69/h12-14,20,24-25,27-28,30-32,35-37,41,49-50,55,69-71H,15-19,21-23,26H2,1-11H3,(H,63,76)(H,77,78)/b13-12+,24-20+,29-14-/t28-,30+,31+,32+,37?,41-,49-,50+,55+,61-/m0/s1. The predicted octanol–water partition coefficient (Wildman–Crippen LogP) is 6.13. The number of carbonyl (C=O) groups excluding carboxylic acids is 5. The SMILES string of the molecule is COc1c(N2CCC(N(C)C3CCN(C4=C5NC(=O)/C(C)=C\C=C\[C@H](C)[C@H](O)[C@@H](C)[C@@H](O)[C@@H](C)[C@H](OC(C)=O)[C@H](C)[C@@H](OC)/C=C/O[C@@]6(C)Oc7c(C)c(O)c(c(c7C6=O)C4=O)C5=O)CC3)C2)c(F)cc2c(=O)c(C(=O)O)cn(C3CC3)c12. The number of esters is 1. The molecule has 6 heterocycles. The highest BCUT2D eigenvalue weighted by atomic mass is 19.1. The van der Waals surface area contributed by atoms with Gasteiger partial charge in [0.1, 0.15) is 40.2 Å². The summed E-state index contributed by atoms with van der Waals surface area (Å²) in [5, 5.41) is 47.5. The Balaban J connectivity index is 1.03. The number of benzene rings is 2. The number of likely N-dealkylation sites (N-methyl/N-ethyl adjacent to an activating group) is 1. The zero-order chi connectivity index (χ0) is 60.4. The largest absolute Gasteiger partial charge is 0.507 e. The lowest BCUT2D eigenvalue weighted by molar-refractivity contribution is -0.160. The van der Waals surface area contributed by atoms with Gasteiger partial charge in [0.2, 0.25) is 17.0 Å². The predicted molar refractivity (Wildman–Crippen MR) is 301 cm³/mol. The number of Topliss-reactive ketones (excluding diaryl/α,β-unsaturated/α-hetero) is 3. The Labute approximate surface area is 479 Å². The van der Waals surface area contributed by atoms with Crippen LogP contribution in [0.2, 0.25) is 0 Å². The number of carboxylic acids is 1. The normalized spacial score (nSPS) is 29.8. The number of methoxy groups -OCH3 is 2. The van der Waals surface area contributed by atoms with Crippen molar-refractivity contribution in [2.45, 2.75) is 136 Å². The molecule has 1 unspecified atom stereocenters. The molecule has 5 N–H and O–H groups in total. The summed E-state index contributed by atoms with van der Waals surface area (Å²) in [6.45, 7) is 13.5. The van der Waals surface area contributed by atoms with E-state index in [0.717, 1.165) is 18.9 Å². The molecule has 10 atom stereocenters. The van der Waals surface area contributed by atoms with Crippen molar-refractivity contribution in [3.8, 4) is 17.2 Å². The molecular formula is C61H74FN5O16. The number of hydrogen-bond acceptors (Lipinski definition) is 18. The number of phenolic OH excluding ortho intramolecular Hbond substituents is 1. The second-order valence-electron chi connectivity index (χ2n) is 23.2. The minimum absolute atomic E-state index is 0.0416. The fraction of sp³-hybridized carbons (Fsp3) is 0.525. The van der Waals surface area contributed by atoms with E-state index < -0.39 is 128 Å². The molecule has 21 nitrogen and oxygen atoms in total. The molecule has 1 aromatic heterocycles. The summed E-state index contributed by atoms with van der Waals surface area (Å²) in [4.78, 5) is 103. The van der Waals surface area contributed by atoms with Gasteiger partial charge in [-0.05, 0) is 65.1 Å². The van der Waals surface area contributed by atoms with Crippen LogP contribution in [0.3, 0.4) is 0 Å². The fourth-order valence-corrected chi connectivity index (χ4v) is 12.8. The van der Waals surface area contributed by atoms with Gasteiger partial charge in [-0.25, -0.2) is 9.18 Å². The highest BCUT2D eigenvalue weighted by Crippen LogP contribution is 2.50. The molecule has 446 valence electrons. The van der Waals surface area contributed by atoms with Gasteiger partial charge in [0.25, 0.3) is 11.7 Å². The van der Waals surface area contributed by atoms with E-state index >= 15 is 14.0 Å². The number of likely N-dealkylation sites (tertiary alicyclic amines) is 1. The number of hydrogen-bond donors (Lipinski definition) is 5. The number of piperidine rings is 1. The molecule has 5 bridgehead atoms. The monoisotopic (exact) mass is 1150 g/mol. The number of ether oxygens (including phenoxy) is 5.